The molecular weight excluding hydrogens is 328 g/mol. The van der Waals surface area contributed by atoms with Crippen molar-refractivity contribution in [2.75, 3.05) is 6.61 Å². The monoisotopic (exact) mass is 342 g/mol. The van der Waals surface area contributed by atoms with Crippen LogP contribution < -0.4 is 4.74 Å². The minimum atomic E-state index is -0.511. The summed E-state index contributed by atoms with van der Waals surface area (Å²) in [7, 11) is 0. The van der Waals surface area contributed by atoms with Gasteiger partial charge in [-0.05, 0) is 31.2 Å². The Bertz CT molecular complexity index is 798. The van der Waals surface area contributed by atoms with Crippen molar-refractivity contribution in [3.63, 3.8) is 0 Å². The lowest BCUT2D eigenvalue weighted by molar-refractivity contribution is -0.384. The number of amides is 2. The summed E-state index contributed by atoms with van der Waals surface area (Å²) in [6.45, 7) is 1.65. The Morgan fingerprint density at radius 2 is 1.60 bits per heavy atom. The lowest BCUT2D eigenvalue weighted by Gasteiger charge is -2.18. The molecule has 0 fully saturated rings. The Balaban J connectivity index is 1.58. The van der Waals surface area contributed by atoms with Gasteiger partial charge in [0.15, 0.2) is 0 Å². The fourth-order valence-electron chi connectivity index (χ4n) is 2.38. The second-order valence-electron chi connectivity index (χ2n) is 5.43. The molecule has 25 heavy (non-hydrogen) atoms. The van der Waals surface area contributed by atoms with Gasteiger partial charge in [-0.15, -0.1) is 5.06 Å². The Kier molecular flexibility index (Phi) is 4.44. The molecule has 0 bridgehead atoms. The van der Waals surface area contributed by atoms with E-state index in [9.17, 15) is 19.7 Å². The fourth-order valence-corrected chi connectivity index (χ4v) is 2.38. The highest BCUT2D eigenvalue weighted by atomic mass is 16.7. The van der Waals surface area contributed by atoms with Crippen molar-refractivity contribution in [1.29, 1.82) is 0 Å². The predicted octanol–water partition coefficient (Wildman–Crippen LogP) is 2.59. The van der Waals surface area contributed by atoms with Gasteiger partial charge in [-0.25, -0.2) is 0 Å². The summed E-state index contributed by atoms with van der Waals surface area (Å²) < 4.78 is 5.56. The number of benzene rings is 2. The van der Waals surface area contributed by atoms with Gasteiger partial charge in [0.25, 0.3) is 17.5 Å². The van der Waals surface area contributed by atoms with Gasteiger partial charge in [-0.2, -0.15) is 0 Å². The number of fused-ring (bicyclic) bond motifs is 1. The summed E-state index contributed by atoms with van der Waals surface area (Å²) >= 11 is 0. The first-order valence-corrected chi connectivity index (χ1v) is 7.49. The van der Waals surface area contributed by atoms with E-state index in [4.69, 9.17) is 9.57 Å². The Hall–Kier alpha value is -3.26. The zero-order valence-electron chi connectivity index (χ0n) is 13.2. The molecule has 0 saturated heterocycles. The molecule has 1 unspecified atom stereocenters. The Morgan fingerprint density at radius 1 is 1.04 bits per heavy atom. The van der Waals surface area contributed by atoms with Crippen LogP contribution >= 0.6 is 0 Å². The van der Waals surface area contributed by atoms with Gasteiger partial charge in [0.05, 0.1) is 16.1 Å². The zero-order valence-corrected chi connectivity index (χ0v) is 13.2. The number of hydroxylamine groups is 2. The number of hydrogen-bond donors (Lipinski definition) is 0. The molecule has 3 rings (SSSR count). The predicted molar refractivity (Wildman–Crippen MR) is 86.1 cm³/mol. The van der Waals surface area contributed by atoms with Crippen LogP contribution in [0.3, 0.4) is 0 Å². The summed E-state index contributed by atoms with van der Waals surface area (Å²) in [5.41, 5.74) is 0.565. The van der Waals surface area contributed by atoms with E-state index in [2.05, 4.69) is 0 Å². The molecule has 0 aromatic heterocycles. The number of rotatable bonds is 6. The maximum Gasteiger partial charge on any atom is 0.285 e. The van der Waals surface area contributed by atoms with Crippen molar-refractivity contribution in [2.24, 2.45) is 0 Å². The van der Waals surface area contributed by atoms with Crippen molar-refractivity contribution in [3.05, 3.63) is 69.8 Å². The summed E-state index contributed by atoms with van der Waals surface area (Å²) in [6.07, 6.45) is -0.481. The number of carbonyl (C=O) groups is 2. The van der Waals surface area contributed by atoms with Gasteiger partial charge in [0.1, 0.15) is 18.5 Å². The van der Waals surface area contributed by atoms with Crippen LogP contribution in [-0.2, 0) is 4.84 Å². The molecule has 0 spiro atoms. The molecule has 2 amide bonds. The van der Waals surface area contributed by atoms with Crippen LogP contribution in [0.4, 0.5) is 5.69 Å². The second kappa shape index (κ2) is 6.70. The molecule has 1 aliphatic heterocycles. The first-order valence-electron chi connectivity index (χ1n) is 7.49. The van der Waals surface area contributed by atoms with E-state index in [0.29, 0.717) is 16.9 Å². The van der Waals surface area contributed by atoms with Crippen LogP contribution in [0.2, 0.25) is 0 Å². The lowest BCUT2D eigenvalue weighted by atomic mass is 10.1. The molecule has 2 aromatic rings. The number of imide groups is 1. The molecule has 0 saturated carbocycles. The molecule has 0 radical (unpaired) electrons. The molecule has 1 atom stereocenters. The maximum absolute atomic E-state index is 12.2. The van der Waals surface area contributed by atoms with Gasteiger partial charge < -0.3 is 4.74 Å². The fraction of sp³-hybridized carbons (Fsp3) is 0.176. The third-order valence-corrected chi connectivity index (χ3v) is 3.58. The third-order valence-electron chi connectivity index (χ3n) is 3.58. The number of carbonyl (C=O) groups excluding carboxylic acids is 2. The van der Waals surface area contributed by atoms with Crippen molar-refractivity contribution in [1.82, 2.24) is 5.06 Å². The average Bonchev–Trinajstić information content (AvgIpc) is 2.85. The topological polar surface area (TPSA) is 99.0 Å². The van der Waals surface area contributed by atoms with Crippen LogP contribution in [0.15, 0.2) is 48.5 Å². The summed E-state index contributed by atoms with van der Waals surface area (Å²) in [6, 6.07) is 12.1. The molecule has 8 heteroatoms. The molecule has 8 nitrogen and oxygen atoms in total. The van der Waals surface area contributed by atoms with Crippen molar-refractivity contribution in [3.8, 4) is 5.75 Å². The van der Waals surface area contributed by atoms with Crippen molar-refractivity contribution in [2.45, 2.75) is 13.0 Å². The zero-order chi connectivity index (χ0) is 18.0. The van der Waals surface area contributed by atoms with Crippen molar-refractivity contribution < 1.29 is 24.1 Å². The molecule has 2 aromatic carbocycles. The first kappa shape index (κ1) is 16.6. The van der Waals surface area contributed by atoms with E-state index >= 15 is 0 Å². The summed E-state index contributed by atoms with van der Waals surface area (Å²) in [5.74, 6) is -0.602. The van der Waals surface area contributed by atoms with Gasteiger partial charge in [0, 0.05) is 12.1 Å². The standard InChI is InChI=1S/C17H14N2O6/c1-11(25-13-8-6-12(7-9-13)19(22)23)10-24-18-16(20)14-4-2-3-5-15(14)17(18)21/h2-9,11H,10H2,1H3. The smallest absolute Gasteiger partial charge is 0.285 e. The molecule has 0 aliphatic carbocycles. The SMILES string of the molecule is CC(CON1C(=O)c2ccccc2C1=O)Oc1ccc([N+](=O)[O-])cc1. The van der Waals surface area contributed by atoms with E-state index in [1.807, 2.05) is 0 Å². The van der Waals surface area contributed by atoms with E-state index in [1.54, 1.807) is 31.2 Å². The molecular formula is C17H14N2O6. The summed E-state index contributed by atoms with van der Waals surface area (Å²) in [5, 5.41) is 11.3. The van der Waals surface area contributed by atoms with E-state index < -0.39 is 22.8 Å². The normalized spacial score (nSPS) is 14.4. The third kappa shape index (κ3) is 3.33. The number of nitro groups is 1. The molecule has 1 aliphatic rings. The average molecular weight is 342 g/mol. The van der Waals surface area contributed by atoms with Gasteiger partial charge in [0.2, 0.25) is 0 Å². The summed E-state index contributed by atoms with van der Waals surface area (Å²) in [4.78, 5) is 39.7. The number of ether oxygens (including phenoxy) is 1. The van der Waals surface area contributed by atoms with Crippen LogP contribution in [-0.4, -0.2) is 34.5 Å². The largest absolute Gasteiger partial charge is 0.488 e. The Labute approximate surface area is 142 Å². The van der Waals surface area contributed by atoms with Crippen LogP contribution in [0.5, 0.6) is 5.75 Å². The van der Waals surface area contributed by atoms with Crippen LogP contribution in [0.1, 0.15) is 27.6 Å². The number of nitrogens with zero attached hydrogens (tertiary/aromatic N) is 2. The Morgan fingerprint density at radius 3 is 2.12 bits per heavy atom. The number of hydrogen-bond acceptors (Lipinski definition) is 6. The van der Waals surface area contributed by atoms with Gasteiger partial charge >= 0.3 is 0 Å². The highest BCUT2D eigenvalue weighted by Crippen LogP contribution is 2.23. The number of nitro benzene ring substituents is 1. The van der Waals surface area contributed by atoms with E-state index in [0.717, 1.165) is 5.06 Å². The maximum atomic E-state index is 12.2. The van der Waals surface area contributed by atoms with Gasteiger partial charge in [-0.1, -0.05) is 12.1 Å². The minimum absolute atomic E-state index is 0.0392. The molecule has 128 valence electrons. The minimum Gasteiger partial charge on any atom is -0.488 e. The lowest BCUT2D eigenvalue weighted by Crippen LogP contribution is -2.34. The van der Waals surface area contributed by atoms with E-state index in [-0.39, 0.29) is 12.3 Å². The van der Waals surface area contributed by atoms with E-state index in [1.165, 1.54) is 24.3 Å². The highest BCUT2D eigenvalue weighted by Gasteiger charge is 2.36. The van der Waals surface area contributed by atoms with Crippen molar-refractivity contribution >= 4 is 17.5 Å². The van der Waals surface area contributed by atoms with Gasteiger partial charge in [-0.3, -0.25) is 24.5 Å². The number of non-ortho nitro benzene ring substituents is 1. The van der Waals surface area contributed by atoms with Crippen LogP contribution in [0.25, 0.3) is 0 Å². The highest BCUT2D eigenvalue weighted by molar-refractivity contribution is 6.20. The first-order chi connectivity index (χ1) is 12.0. The quantitative estimate of drug-likeness (QED) is 0.454. The van der Waals surface area contributed by atoms with Crippen LogP contribution in [0, 0.1) is 10.1 Å². The molecule has 0 N–H and O–H groups in total. The molecule has 1 heterocycles. The second-order valence-corrected chi connectivity index (χ2v) is 5.43.